The molecule has 5 amide bonds. The second-order valence-electron chi connectivity index (χ2n) is 20.2. The van der Waals surface area contributed by atoms with Crippen LogP contribution in [0.15, 0.2) is 36.7 Å². The van der Waals surface area contributed by atoms with Crippen molar-refractivity contribution in [2.45, 2.75) is 137 Å². The Morgan fingerprint density at radius 2 is 1.61 bits per heavy atom. The summed E-state index contributed by atoms with van der Waals surface area (Å²) in [5, 5.41) is 15.0. The number of imide groups is 2. The van der Waals surface area contributed by atoms with Crippen molar-refractivity contribution in [3.05, 3.63) is 70.2 Å². The van der Waals surface area contributed by atoms with E-state index in [0.717, 1.165) is 72.9 Å². The maximum Gasteiger partial charge on any atom is 0.271 e. The topological polar surface area (TPSA) is 196 Å². The van der Waals surface area contributed by atoms with Crippen LogP contribution in [0.5, 0.6) is 17.2 Å². The van der Waals surface area contributed by atoms with Gasteiger partial charge >= 0.3 is 0 Å². The van der Waals surface area contributed by atoms with E-state index in [2.05, 4.69) is 78.0 Å². The third-order valence-electron chi connectivity index (χ3n) is 14.5. The van der Waals surface area contributed by atoms with E-state index >= 15 is 0 Å². The average Bonchev–Trinajstić information content (AvgIpc) is 3.50. The predicted octanol–water partition coefficient (Wildman–Crippen LogP) is 5.91. The number of carbonyl (C=O) groups is 5. The Morgan fingerprint density at radius 3 is 2.20 bits per heavy atom. The molecular formula is C50H62N8O8. The van der Waals surface area contributed by atoms with Gasteiger partial charge in [0.2, 0.25) is 11.8 Å². The summed E-state index contributed by atoms with van der Waals surface area (Å²) in [6, 6.07) is 8.72. The van der Waals surface area contributed by atoms with Crippen LogP contribution in [0.1, 0.15) is 135 Å². The van der Waals surface area contributed by atoms with Gasteiger partial charge in [0.25, 0.3) is 17.7 Å². The molecule has 5 aliphatic rings. The predicted molar refractivity (Wildman–Crippen MR) is 244 cm³/mol. The molecule has 350 valence electrons. The number of hydrogen-bond donors (Lipinski definition) is 2. The van der Waals surface area contributed by atoms with E-state index in [9.17, 15) is 29.2 Å². The smallest absolute Gasteiger partial charge is 0.271 e. The summed E-state index contributed by atoms with van der Waals surface area (Å²) >= 11 is 0. The van der Waals surface area contributed by atoms with Crippen LogP contribution < -0.4 is 29.7 Å². The fourth-order valence-electron chi connectivity index (χ4n) is 11.3. The number of benzene rings is 2. The number of amides is 5. The Morgan fingerprint density at radius 1 is 0.939 bits per heavy atom. The molecule has 2 N–H and O–H groups in total. The highest BCUT2D eigenvalue weighted by molar-refractivity contribution is 6.24. The lowest BCUT2D eigenvalue weighted by Crippen LogP contribution is -2.74. The van der Waals surface area contributed by atoms with Gasteiger partial charge in [-0.1, -0.05) is 27.7 Å². The van der Waals surface area contributed by atoms with Crippen molar-refractivity contribution < 1.29 is 38.2 Å². The zero-order valence-electron chi connectivity index (χ0n) is 39.5. The van der Waals surface area contributed by atoms with Gasteiger partial charge in [-0.15, -0.1) is 0 Å². The van der Waals surface area contributed by atoms with Crippen molar-refractivity contribution in [3.8, 4) is 23.3 Å². The zero-order valence-corrected chi connectivity index (χ0v) is 39.5. The van der Waals surface area contributed by atoms with Crippen LogP contribution in [0.3, 0.4) is 0 Å². The van der Waals surface area contributed by atoms with Gasteiger partial charge in [0.1, 0.15) is 47.0 Å². The van der Waals surface area contributed by atoms with Gasteiger partial charge in [-0.05, 0) is 89.1 Å². The highest BCUT2D eigenvalue weighted by Gasteiger charge is 2.64. The minimum absolute atomic E-state index is 0.0417. The molecule has 0 radical (unpaired) electrons. The number of aryl methyl sites for hydroxylation is 2. The minimum Gasteiger partial charge on any atom is -0.493 e. The first-order chi connectivity index (χ1) is 31.3. The van der Waals surface area contributed by atoms with E-state index in [4.69, 9.17) is 14.2 Å². The van der Waals surface area contributed by atoms with Crippen molar-refractivity contribution in [1.82, 2.24) is 30.4 Å². The number of piperidine rings is 2. The van der Waals surface area contributed by atoms with E-state index in [0.29, 0.717) is 29.3 Å². The normalized spacial score (nSPS) is 24.6. The lowest BCUT2D eigenvalue weighted by Gasteiger charge is -2.63. The van der Waals surface area contributed by atoms with Gasteiger partial charge in [0.05, 0.1) is 41.8 Å². The van der Waals surface area contributed by atoms with E-state index < -0.39 is 29.7 Å². The van der Waals surface area contributed by atoms with Crippen LogP contribution >= 0.6 is 0 Å². The molecule has 3 aromatic rings. The molecule has 0 spiro atoms. The summed E-state index contributed by atoms with van der Waals surface area (Å²) in [6.45, 7) is 21.4. The number of fused-ring (bicyclic) bond motifs is 1. The molecule has 4 heterocycles. The molecule has 16 heteroatoms. The Bertz CT molecular complexity index is 2430. The van der Waals surface area contributed by atoms with Crippen molar-refractivity contribution in [2.75, 3.05) is 31.1 Å². The molecule has 0 bridgehead atoms. The molecule has 2 aromatic carbocycles. The second-order valence-corrected chi connectivity index (χ2v) is 20.2. The monoisotopic (exact) mass is 902 g/mol. The quantitative estimate of drug-likeness (QED) is 0.181. The van der Waals surface area contributed by atoms with Gasteiger partial charge in [-0.25, -0.2) is 9.97 Å². The van der Waals surface area contributed by atoms with Crippen LogP contribution in [0.4, 0.5) is 5.82 Å². The number of carbonyl (C=O) groups excluding carboxylic acids is 5. The number of nitrogens with zero attached hydrogens (tertiary/aromatic N) is 6. The molecule has 2 saturated heterocycles. The summed E-state index contributed by atoms with van der Waals surface area (Å²) in [7, 11) is 0. The Kier molecular flexibility index (Phi) is 12.6. The summed E-state index contributed by atoms with van der Waals surface area (Å²) in [6.07, 6.45) is 6.73. The van der Waals surface area contributed by atoms with Gasteiger partial charge in [0.15, 0.2) is 0 Å². The minimum atomic E-state index is -1.07. The van der Waals surface area contributed by atoms with Crippen molar-refractivity contribution in [2.24, 2.45) is 16.7 Å². The molecule has 2 saturated carbocycles. The molecular weight excluding hydrogens is 841 g/mol. The first-order valence-electron chi connectivity index (χ1n) is 23.3. The summed E-state index contributed by atoms with van der Waals surface area (Å²) in [5.74, 6) is 0.0698. The van der Waals surface area contributed by atoms with Gasteiger partial charge < -0.3 is 24.4 Å². The van der Waals surface area contributed by atoms with Crippen LogP contribution in [0.2, 0.25) is 0 Å². The number of aromatic nitrogens is 2. The molecule has 8 rings (SSSR count). The SMILES string of the molecule is CCOc1cc(OC2CC(N(CC3CCN(c4cnc(C(=O)NC5C(C)(C)C(Oc6cc(C)c(C#N)c(C)c6)C5(C)C)cn4)CC3)C(C)C)C2)cc2c1C(=O)N(C1CCC(=O)NC1=O)C2=O. The highest BCUT2D eigenvalue weighted by Crippen LogP contribution is 2.55. The summed E-state index contributed by atoms with van der Waals surface area (Å²) < 4.78 is 18.8. The summed E-state index contributed by atoms with van der Waals surface area (Å²) in [4.78, 5) is 80.0. The Balaban J connectivity index is 0.818. The van der Waals surface area contributed by atoms with Crippen LogP contribution in [-0.2, 0) is 9.59 Å². The van der Waals surface area contributed by atoms with E-state index in [1.165, 1.54) is 0 Å². The van der Waals surface area contributed by atoms with Crippen LogP contribution in [0.25, 0.3) is 0 Å². The van der Waals surface area contributed by atoms with Gasteiger partial charge in [-0.3, -0.25) is 39.1 Å². The fraction of sp³-hybridized carbons (Fsp3) is 0.560. The third kappa shape index (κ3) is 8.58. The first-order valence-corrected chi connectivity index (χ1v) is 23.3. The molecule has 1 aromatic heterocycles. The van der Waals surface area contributed by atoms with Gasteiger partial charge in [-0.2, -0.15) is 5.26 Å². The third-order valence-corrected chi connectivity index (χ3v) is 14.5. The van der Waals surface area contributed by atoms with Crippen LogP contribution in [-0.4, -0.2) is 112 Å². The number of anilines is 1. The number of nitriles is 1. The molecule has 2 aliphatic carbocycles. The molecule has 1 unspecified atom stereocenters. The second kappa shape index (κ2) is 18.0. The Labute approximate surface area is 386 Å². The number of hydrogen-bond acceptors (Lipinski definition) is 13. The summed E-state index contributed by atoms with van der Waals surface area (Å²) in [5.41, 5.74) is 2.18. The molecule has 1 atom stereocenters. The highest BCUT2D eigenvalue weighted by atomic mass is 16.5. The van der Waals surface area contributed by atoms with E-state index in [1.54, 1.807) is 31.5 Å². The first kappa shape index (κ1) is 46.4. The largest absolute Gasteiger partial charge is 0.493 e. The molecule has 16 nitrogen and oxygen atoms in total. The van der Waals surface area contributed by atoms with Crippen molar-refractivity contribution in [1.29, 1.82) is 5.26 Å². The lowest BCUT2D eigenvalue weighted by molar-refractivity contribution is -0.164. The number of nitrogens with one attached hydrogen (secondary N) is 2. The van der Waals surface area contributed by atoms with Crippen LogP contribution in [0, 0.1) is 41.9 Å². The maximum absolute atomic E-state index is 13.6. The standard InChI is InChI=1S/C50H62N8O8/c1-10-64-39-22-34(21-35-42(39)46(63)58(45(35)62)38-11-12-41(59)54-44(38)61)65-33-19-31(20-33)57(27(2)3)26-30-13-15-56(16-14-30)40-25-52-37(24-53-40)43(60)55-47-49(6,7)48(50(47,8)9)66-32-17-28(4)36(23-51)29(5)18-32/h17-18,21-22,24-25,27,30-31,33,38,47-48H,10-16,19-20,26H2,1-9H3,(H,55,60)(H,54,59,61). The molecule has 66 heavy (non-hydrogen) atoms. The van der Waals surface area contributed by atoms with Crippen molar-refractivity contribution >= 4 is 35.4 Å². The van der Waals surface area contributed by atoms with E-state index in [1.807, 2.05) is 26.0 Å². The average molecular weight is 903 g/mol. The Hall–Kier alpha value is -6.08. The lowest BCUT2D eigenvalue weighted by atomic mass is 9.49. The van der Waals surface area contributed by atoms with E-state index in [-0.39, 0.29) is 77.0 Å². The van der Waals surface area contributed by atoms with Crippen molar-refractivity contribution in [3.63, 3.8) is 0 Å². The fourth-order valence-corrected chi connectivity index (χ4v) is 11.3. The number of ether oxygens (including phenoxy) is 3. The number of rotatable bonds is 14. The van der Waals surface area contributed by atoms with Gasteiger partial charge in [0, 0.05) is 73.9 Å². The zero-order chi connectivity index (χ0) is 47.4. The molecule has 3 aliphatic heterocycles. The molecule has 4 fully saturated rings. The maximum atomic E-state index is 13.6.